The second kappa shape index (κ2) is 5.83. The third-order valence-electron chi connectivity index (χ3n) is 2.85. The van der Waals surface area contributed by atoms with Gasteiger partial charge in [0.15, 0.2) is 0 Å². The first-order chi connectivity index (χ1) is 9.81. The highest BCUT2D eigenvalue weighted by Gasteiger charge is 2.00. The lowest BCUT2D eigenvalue weighted by Gasteiger charge is -2.08. The van der Waals surface area contributed by atoms with Gasteiger partial charge in [0.2, 0.25) is 0 Å². The smallest absolute Gasteiger partial charge is 0.143 e. The zero-order valence-electron chi connectivity index (χ0n) is 10.6. The van der Waals surface area contributed by atoms with Crippen molar-refractivity contribution in [3.63, 3.8) is 0 Å². The standard InChI is InChI=1S/C14H12BrN5/c15-12-4-1-3-11(7-12)9-16-13-5-2-6-14(8-13)20-10-17-18-19-20/h1-8,10,16H,9H2. The van der Waals surface area contributed by atoms with Crippen LogP contribution in [0.25, 0.3) is 5.69 Å². The van der Waals surface area contributed by atoms with Gasteiger partial charge in [-0.3, -0.25) is 0 Å². The Bertz CT molecular complexity index is 696. The Morgan fingerprint density at radius 2 is 2.00 bits per heavy atom. The molecule has 0 amide bonds. The Morgan fingerprint density at radius 3 is 2.80 bits per heavy atom. The zero-order chi connectivity index (χ0) is 13.8. The molecule has 0 fully saturated rings. The fraction of sp³-hybridized carbons (Fsp3) is 0.0714. The number of nitrogens with one attached hydrogen (secondary N) is 1. The van der Waals surface area contributed by atoms with Crippen molar-refractivity contribution in [2.75, 3.05) is 5.32 Å². The summed E-state index contributed by atoms with van der Waals surface area (Å²) >= 11 is 3.47. The number of nitrogens with zero attached hydrogens (tertiary/aromatic N) is 4. The van der Waals surface area contributed by atoms with Crippen LogP contribution in [0.4, 0.5) is 5.69 Å². The molecule has 0 radical (unpaired) electrons. The van der Waals surface area contributed by atoms with Crippen LogP contribution in [0.15, 0.2) is 59.3 Å². The number of aromatic nitrogens is 4. The molecule has 0 bridgehead atoms. The highest BCUT2D eigenvalue weighted by molar-refractivity contribution is 9.10. The molecule has 1 N–H and O–H groups in total. The Hall–Kier alpha value is -2.21. The van der Waals surface area contributed by atoms with Crippen LogP contribution in [0, 0.1) is 0 Å². The van der Waals surface area contributed by atoms with E-state index in [1.165, 1.54) is 5.56 Å². The summed E-state index contributed by atoms with van der Waals surface area (Å²) in [6, 6.07) is 16.2. The highest BCUT2D eigenvalue weighted by Crippen LogP contribution is 2.16. The molecule has 2 aromatic carbocycles. The van der Waals surface area contributed by atoms with Crippen LogP contribution in [0.3, 0.4) is 0 Å². The van der Waals surface area contributed by atoms with E-state index in [0.29, 0.717) is 0 Å². The Kier molecular flexibility index (Phi) is 3.73. The predicted octanol–water partition coefficient (Wildman–Crippen LogP) is 3.04. The molecule has 3 rings (SSSR count). The number of rotatable bonds is 4. The molecule has 100 valence electrons. The largest absolute Gasteiger partial charge is 0.381 e. The van der Waals surface area contributed by atoms with Gasteiger partial charge in [0.25, 0.3) is 0 Å². The van der Waals surface area contributed by atoms with Crippen molar-refractivity contribution in [3.8, 4) is 5.69 Å². The quantitative estimate of drug-likeness (QED) is 0.799. The van der Waals surface area contributed by atoms with Gasteiger partial charge in [0.05, 0.1) is 5.69 Å². The average molecular weight is 330 g/mol. The molecule has 0 spiro atoms. The lowest BCUT2D eigenvalue weighted by atomic mass is 10.2. The molecule has 1 aromatic heterocycles. The third-order valence-corrected chi connectivity index (χ3v) is 3.34. The van der Waals surface area contributed by atoms with Crippen LogP contribution >= 0.6 is 15.9 Å². The maximum absolute atomic E-state index is 3.88. The first-order valence-electron chi connectivity index (χ1n) is 6.13. The number of benzene rings is 2. The molecule has 0 aliphatic heterocycles. The normalized spacial score (nSPS) is 10.4. The van der Waals surface area contributed by atoms with Crippen molar-refractivity contribution in [2.24, 2.45) is 0 Å². The van der Waals surface area contributed by atoms with Crippen molar-refractivity contribution < 1.29 is 0 Å². The van der Waals surface area contributed by atoms with Crippen LogP contribution in [-0.2, 0) is 6.54 Å². The van der Waals surface area contributed by atoms with Crippen molar-refractivity contribution >= 4 is 21.6 Å². The van der Waals surface area contributed by atoms with Gasteiger partial charge in [-0.2, -0.15) is 0 Å². The summed E-state index contributed by atoms with van der Waals surface area (Å²) in [6.07, 6.45) is 1.58. The van der Waals surface area contributed by atoms with Gasteiger partial charge >= 0.3 is 0 Å². The SMILES string of the molecule is Brc1cccc(CNc2cccc(-n3cnnn3)c2)c1. The molecule has 1 heterocycles. The van der Waals surface area contributed by atoms with E-state index in [0.717, 1.165) is 22.4 Å². The molecule has 0 aliphatic carbocycles. The summed E-state index contributed by atoms with van der Waals surface area (Å²) in [4.78, 5) is 0. The zero-order valence-corrected chi connectivity index (χ0v) is 12.2. The fourth-order valence-corrected chi connectivity index (χ4v) is 2.34. The molecule has 5 nitrogen and oxygen atoms in total. The minimum atomic E-state index is 0.762. The number of tetrazole rings is 1. The minimum absolute atomic E-state index is 0.762. The number of hydrogen-bond donors (Lipinski definition) is 1. The summed E-state index contributed by atoms with van der Waals surface area (Å²) in [7, 11) is 0. The average Bonchev–Trinajstić information content (AvgIpc) is 3.00. The van der Waals surface area contributed by atoms with Crippen molar-refractivity contribution in [1.82, 2.24) is 20.2 Å². The second-order valence-corrected chi connectivity index (χ2v) is 5.20. The van der Waals surface area contributed by atoms with Gasteiger partial charge in [-0.1, -0.05) is 34.1 Å². The van der Waals surface area contributed by atoms with E-state index in [-0.39, 0.29) is 0 Å². The second-order valence-electron chi connectivity index (χ2n) is 4.29. The van der Waals surface area contributed by atoms with E-state index < -0.39 is 0 Å². The summed E-state index contributed by atoms with van der Waals surface area (Å²) in [5, 5.41) is 14.5. The van der Waals surface area contributed by atoms with Crippen LogP contribution in [-0.4, -0.2) is 20.2 Å². The summed E-state index contributed by atoms with van der Waals surface area (Å²) in [5.74, 6) is 0. The first-order valence-corrected chi connectivity index (χ1v) is 6.92. The van der Waals surface area contributed by atoms with Crippen LogP contribution in [0.1, 0.15) is 5.56 Å². The molecule has 0 saturated heterocycles. The third kappa shape index (κ3) is 3.03. The van der Waals surface area contributed by atoms with Crippen molar-refractivity contribution in [1.29, 1.82) is 0 Å². The minimum Gasteiger partial charge on any atom is -0.381 e. The van der Waals surface area contributed by atoms with Gasteiger partial charge in [0, 0.05) is 16.7 Å². The van der Waals surface area contributed by atoms with Gasteiger partial charge in [-0.15, -0.1) is 5.10 Å². The van der Waals surface area contributed by atoms with Crippen molar-refractivity contribution in [2.45, 2.75) is 6.54 Å². The molecule has 0 saturated carbocycles. The lowest BCUT2D eigenvalue weighted by molar-refractivity contribution is 0.789. The van der Waals surface area contributed by atoms with E-state index in [1.54, 1.807) is 11.0 Å². The summed E-state index contributed by atoms with van der Waals surface area (Å²) in [5.41, 5.74) is 3.17. The predicted molar refractivity (Wildman–Crippen MR) is 80.6 cm³/mol. The van der Waals surface area contributed by atoms with Gasteiger partial charge in [-0.25, -0.2) is 4.68 Å². The molecule has 0 unspecified atom stereocenters. The summed E-state index contributed by atoms with van der Waals surface area (Å²) in [6.45, 7) is 0.762. The molecule has 6 heteroatoms. The van der Waals surface area contributed by atoms with Gasteiger partial charge in [0.1, 0.15) is 6.33 Å². The molecule has 3 aromatic rings. The van der Waals surface area contributed by atoms with E-state index in [9.17, 15) is 0 Å². The van der Waals surface area contributed by atoms with E-state index in [1.807, 2.05) is 36.4 Å². The molecule has 0 aliphatic rings. The Balaban J connectivity index is 1.73. The first kappa shape index (κ1) is 12.8. The fourth-order valence-electron chi connectivity index (χ4n) is 1.89. The van der Waals surface area contributed by atoms with E-state index in [2.05, 4.69) is 48.9 Å². The van der Waals surface area contributed by atoms with Crippen LogP contribution in [0.2, 0.25) is 0 Å². The van der Waals surface area contributed by atoms with Crippen molar-refractivity contribution in [3.05, 3.63) is 64.9 Å². The van der Waals surface area contributed by atoms with Gasteiger partial charge in [-0.05, 0) is 46.3 Å². The van der Waals surface area contributed by atoms with Crippen LogP contribution < -0.4 is 5.32 Å². The van der Waals surface area contributed by atoms with Gasteiger partial charge < -0.3 is 5.32 Å². The number of hydrogen-bond acceptors (Lipinski definition) is 4. The molecule has 20 heavy (non-hydrogen) atoms. The topological polar surface area (TPSA) is 55.6 Å². The monoisotopic (exact) mass is 329 g/mol. The molecular weight excluding hydrogens is 318 g/mol. The molecule has 0 atom stereocenters. The summed E-state index contributed by atoms with van der Waals surface area (Å²) < 4.78 is 2.71. The maximum atomic E-state index is 3.88. The molecular formula is C14H12BrN5. The van der Waals surface area contributed by atoms with E-state index in [4.69, 9.17) is 0 Å². The maximum Gasteiger partial charge on any atom is 0.143 e. The lowest BCUT2D eigenvalue weighted by Crippen LogP contribution is -2.01. The Morgan fingerprint density at radius 1 is 1.10 bits per heavy atom. The number of halogens is 1. The highest BCUT2D eigenvalue weighted by atomic mass is 79.9. The van der Waals surface area contributed by atoms with E-state index >= 15 is 0 Å². The van der Waals surface area contributed by atoms with Crippen LogP contribution in [0.5, 0.6) is 0 Å². The Labute approximate surface area is 124 Å². The number of anilines is 1.